The predicted molar refractivity (Wildman–Crippen MR) is 121 cm³/mol. The number of fused-ring (bicyclic) bond motifs is 2. The Balaban J connectivity index is 1.41. The highest BCUT2D eigenvalue weighted by Crippen LogP contribution is 2.46. The van der Waals surface area contributed by atoms with Crippen LogP contribution in [0, 0.1) is 5.92 Å². The van der Waals surface area contributed by atoms with Crippen molar-refractivity contribution in [3.8, 4) is 11.5 Å². The number of carbonyl (C=O) groups excluding carboxylic acids is 1. The molecule has 0 aliphatic carbocycles. The second-order valence-electron chi connectivity index (χ2n) is 8.57. The lowest BCUT2D eigenvalue weighted by atomic mass is 9.88. The summed E-state index contributed by atoms with van der Waals surface area (Å²) in [7, 11) is 0. The third-order valence-corrected chi connectivity index (χ3v) is 6.67. The molecule has 0 aromatic heterocycles. The van der Waals surface area contributed by atoms with Crippen LogP contribution in [0.5, 0.6) is 11.5 Å². The highest BCUT2D eigenvalue weighted by atomic mass is 16.5. The van der Waals surface area contributed by atoms with Crippen molar-refractivity contribution in [1.82, 2.24) is 9.80 Å². The summed E-state index contributed by atoms with van der Waals surface area (Å²) in [5, 5.41) is 0. The summed E-state index contributed by atoms with van der Waals surface area (Å²) in [5.41, 5.74) is 2.55. The first-order chi connectivity index (χ1) is 14.7. The number of hydrogen-bond acceptors (Lipinski definition) is 3. The number of hydrogen-bond donors (Lipinski definition) is 0. The maximum Gasteiger partial charge on any atom is 0.222 e. The number of benzene rings is 2. The quantitative estimate of drug-likeness (QED) is 0.597. The Labute approximate surface area is 180 Å². The van der Waals surface area contributed by atoms with E-state index >= 15 is 0 Å². The van der Waals surface area contributed by atoms with Crippen molar-refractivity contribution >= 4 is 5.91 Å². The molecular formula is C26H34N2O2. The van der Waals surface area contributed by atoms with E-state index in [1.54, 1.807) is 0 Å². The first kappa shape index (κ1) is 20.9. The van der Waals surface area contributed by atoms with E-state index in [1.165, 1.54) is 24.0 Å². The van der Waals surface area contributed by atoms with E-state index in [-0.39, 0.29) is 6.04 Å². The minimum atomic E-state index is 0.269. The van der Waals surface area contributed by atoms with Crippen LogP contribution in [0.2, 0.25) is 0 Å². The van der Waals surface area contributed by atoms with Gasteiger partial charge in [0.05, 0.1) is 6.04 Å². The van der Waals surface area contributed by atoms with Gasteiger partial charge >= 0.3 is 0 Å². The molecule has 0 atom stereocenters. The van der Waals surface area contributed by atoms with Crippen LogP contribution in [-0.4, -0.2) is 41.9 Å². The SMILES string of the molecule is CCCC(=O)N(CC)CCC1CCN(C2c3ccccc3Oc3ccccc32)CC1. The number of carbonyl (C=O) groups is 1. The third kappa shape index (κ3) is 4.39. The van der Waals surface area contributed by atoms with E-state index in [1.807, 2.05) is 4.90 Å². The summed E-state index contributed by atoms with van der Waals surface area (Å²) in [4.78, 5) is 16.9. The number of rotatable bonds is 7. The number of nitrogens with zero attached hydrogens (tertiary/aromatic N) is 2. The number of amides is 1. The Morgan fingerprint density at radius 1 is 1.00 bits per heavy atom. The van der Waals surface area contributed by atoms with Gasteiger partial charge in [0, 0.05) is 30.6 Å². The summed E-state index contributed by atoms with van der Waals surface area (Å²) >= 11 is 0. The fraction of sp³-hybridized carbons (Fsp3) is 0.500. The van der Waals surface area contributed by atoms with Gasteiger partial charge in [-0.25, -0.2) is 0 Å². The molecule has 4 heteroatoms. The largest absolute Gasteiger partial charge is 0.457 e. The maximum absolute atomic E-state index is 12.2. The minimum absolute atomic E-state index is 0.269. The van der Waals surface area contributed by atoms with Gasteiger partial charge in [0.2, 0.25) is 5.91 Å². The molecule has 2 aromatic carbocycles. The van der Waals surface area contributed by atoms with E-state index in [4.69, 9.17) is 4.74 Å². The third-order valence-electron chi connectivity index (χ3n) is 6.67. The lowest BCUT2D eigenvalue weighted by Gasteiger charge is -2.41. The highest BCUT2D eigenvalue weighted by molar-refractivity contribution is 5.76. The molecule has 4 nitrogen and oxygen atoms in total. The van der Waals surface area contributed by atoms with E-state index < -0.39 is 0 Å². The van der Waals surface area contributed by atoms with Crippen molar-refractivity contribution < 1.29 is 9.53 Å². The van der Waals surface area contributed by atoms with E-state index in [0.29, 0.717) is 18.2 Å². The molecule has 0 unspecified atom stereocenters. The van der Waals surface area contributed by atoms with Crippen LogP contribution in [0.3, 0.4) is 0 Å². The summed E-state index contributed by atoms with van der Waals surface area (Å²) in [5.74, 6) is 2.98. The lowest BCUT2D eigenvalue weighted by Crippen LogP contribution is -2.39. The van der Waals surface area contributed by atoms with Gasteiger partial charge in [-0.1, -0.05) is 43.3 Å². The van der Waals surface area contributed by atoms with E-state index in [0.717, 1.165) is 50.5 Å². The van der Waals surface area contributed by atoms with Gasteiger partial charge in [0.15, 0.2) is 0 Å². The molecule has 1 saturated heterocycles. The Bertz CT molecular complexity index is 812. The van der Waals surface area contributed by atoms with Gasteiger partial charge in [-0.15, -0.1) is 0 Å². The first-order valence-electron chi connectivity index (χ1n) is 11.6. The monoisotopic (exact) mass is 406 g/mol. The molecule has 2 aromatic rings. The van der Waals surface area contributed by atoms with Crippen molar-refractivity contribution in [3.05, 3.63) is 59.7 Å². The number of ether oxygens (including phenoxy) is 1. The average Bonchev–Trinajstić information content (AvgIpc) is 2.78. The zero-order chi connectivity index (χ0) is 20.9. The number of para-hydroxylation sites is 2. The van der Waals surface area contributed by atoms with Crippen molar-refractivity contribution in [2.24, 2.45) is 5.92 Å². The predicted octanol–water partition coefficient (Wildman–Crippen LogP) is 5.63. The molecule has 0 radical (unpaired) electrons. The molecule has 2 aliphatic rings. The van der Waals surface area contributed by atoms with Crippen LogP contribution in [-0.2, 0) is 4.79 Å². The Morgan fingerprint density at radius 3 is 2.17 bits per heavy atom. The van der Waals surface area contributed by atoms with Crippen molar-refractivity contribution in [2.75, 3.05) is 26.2 Å². The van der Waals surface area contributed by atoms with Crippen LogP contribution in [0.4, 0.5) is 0 Å². The summed E-state index contributed by atoms with van der Waals surface area (Å²) in [6.45, 7) is 8.08. The van der Waals surface area contributed by atoms with Gasteiger partial charge < -0.3 is 9.64 Å². The highest BCUT2D eigenvalue weighted by Gasteiger charge is 2.33. The van der Waals surface area contributed by atoms with E-state index in [9.17, 15) is 4.79 Å². The van der Waals surface area contributed by atoms with Gasteiger partial charge in [-0.3, -0.25) is 9.69 Å². The standard InChI is InChI=1S/C26H34N2O2/c1-3-9-25(29)27(4-2)17-14-20-15-18-28(19-16-20)26-21-10-5-7-12-23(21)30-24-13-8-6-11-22(24)26/h5-8,10-13,20,26H,3-4,9,14-19H2,1-2H3. The lowest BCUT2D eigenvalue weighted by molar-refractivity contribution is -0.131. The first-order valence-corrected chi connectivity index (χ1v) is 11.6. The van der Waals surface area contributed by atoms with Crippen LogP contribution in [0.1, 0.15) is 63.1 Å². The Kier molecular flexibility index (Phi) is 6.73. The molecule has 1 amide bonds. The maximum atomic E-state index is 12.2. The molecular weight excluding hydrogens is 372 g/mol. The smallest absolute Gasteiger partial charge is 0.222 e. The molecule has 0 bridgehead atoms. The van der Waals surface area contributed by atoms with Crippen LogP contribution in [0.15, 0.2) is 48.5 Å². The second-order valence-corrected chi connectivity index (χ2v) is 8.57. The van der Waals surface area contributed by atoms with Gasteiger partial charge in [0.25, 0.3) is 0 Å². The molecule has 30 heavy (non-hydrogen) atoms. The van der Waals surface area contributed by atoms with Crippen molar-refractivity contribution in [1.29, 1.82) is 0 Å². The molecule has 0 spiro atoms. The van der Waals surface area contributed by atoms with Gasteiger partial charge in [-0.05, 0) is 63.7 Å². The van der Waals surface area contributed by atoms with Gasteiger partial charge in [-0.2, -0.15) is 0 Å². The minimum Gasteiger partial charge on any atom is -0.457 e. The molecule has 160 valence electrons. The molecule has 4 rings (SSSR count). The Morgan fingerprint density at radius 2 is 1.60 bits per heavy atom. The normalized spacial score (nSPS) is 17.1. The number of piperidine rings is 1. The van der Waals surface area contributed by atoms with Crippen LogP contribution >= 0.6 is 0 Å². The number of likely N-dealkylation sites (tertiary alicyclic amines) is 1. The molecule has 0 saturated carbocycles. The van der Waals surface area contributed by atoms with Crippen LogP contribution < -0.4 is 4.74 Å². The molecule has 2 aliphatic heterocycles. The van der Waals surface area contributed by atoms with Gasteiger partial charge in [0.1, 0.15) is 11.5 Å². The summed E-state index contributed by atoms with van der Waals surface area (Å²) in [6, 6.07) is 17.2. The summed E-state index contributed by atoms with van der Waals surface area (Å²) < 4.78 is 6.18. The molecule has 0 N–H and O–H groups in total. The van der Waals surface area contributed by atoms with Crippen molar-refractivity contribution in [2.45, 2.75) is 52.0 Å². The fourth-order valence-electron chi connectivity index (χ4n) is 4.95. The molecule has 2 heterocycles. The second kappa shape index (κ2) is 9.65. The summed E-state index contributed by atoms with van der Waals surface area (Å²) in [6.07, 6.45) is 5.12. The van der Waals surface area contributed by atoms with E-state index in [2.05, 4.69) is 67.3 Å². The topological polar surface area (TPSA) is 32.8 Å². The zero-order valence-electron chi connectivity index (χ0n) is 18.3. The average molecular weight is 407 g/mol. The van der Waals surface area contributed by atoms with Crippen molar-refractivity contribution in [3.63, 3.8) is 0 Å². The molecule has 1 fully saturated rings. The zero-order valence-corrected chi connectivity index (χ0v) is 18.3. The Hall–Kier alpha value is -2.33. The fourth-order valence-corrected chi connectivity index (χ4v) is 4.95. The van der Waals surface area contributed by atoms with Crippen LogP contribution in [0.25, 0.3) is 0 Å².